The Kier molecular flexibility index (Phi) is 3.49. The lowest BCUT2D eigenvalue weighted by atomic mass is 9.77. The van der Waals surface area contributed by atoms with Crippen LogP contribution in [0.4, 0.5) is 10.2 Å². The molecule has 0 aliphatic heterocycles. The van der Waals surface area contributed by atoms with Gasteiger partial charge in [-0.2, -0.15) is 5.10 Å². The molecule has 5 heteroatoms. The molecule has 1 aromatic heterocycles. The Bertz CT molecular complexity index is 659. The fraction of sp³-hybridized carbons (Fsp3) is 0.375. The molecule has 0 saturated heterocycles. The first kappa shape index (κ1) is 13.8. The molecule has 1 heterocycles. The highest BCUT2D eigenvalue weighted by Crippen LogP contribution is 2.42. The van der Waals surface area contributed by atoms with Crippen molar-refractivity contribution in [3.05, 3.63) is 47.9 Å². The number of carbonyl (C=O) groups excluding carboxylic acids is 1. The lowest BCUT2D eigenvalue weighted by molar-refractivity contribution is -0.121. The van der Waals surface area contributed by atoms with E-state index in [1.165, 1.54) is 6.07 Å². The second-order valence-corrected chi connectivity index (χ2v) is 5.60. The third-order valence-electron chi connectivity index (χ3n) is 4.24. The minimum absolute atomic E-state index is 0.163. The smallest absolute Gasteiger partial charge is 0.236 e. The number of nitrogens with one attached hydrogen (secondary N) is 1. The predicted molar refractivity (Wildman–Crippen MR) is 78.4 cm³/mol. The van der Waals surface area contributed by atoms with Crippen LogP contribution in [-0.2, 0) is 17.3 Å². The molecule has 2 aromatic rings. The lowest BCUT2D eigenvalue weighted by Crippen LogP contribution is -2.38. The molecule has 1 fully saturated rings. The van der Waals surface area contributed by atoms with Crippen LogP contribution in [0.2, 0.25) is 0 Å². The molecular weight excluding hydrogens is 269 g/mol. The van der Waals surface area contributed by atoms with E-state index in [1.807, 2.05) is 0 Å². The number of nitrogens with zero attached hydrogens (tertiary/aromatic N) is 2. The van der Waals surface area contributed by atoms with E-state index < -0.39 is 5.41 Å². The summed E-state index contributed by atoms with van der Waals surface area (Å²) in [4.78, 5) is 12.8. The average molecular weight is 287 g/mol. The minimum atomic E-state index is -0.775. The first-order chi connectivity index (χ1) is 10.1. The monoisotopic (exact) mass is 287 g/mol. The molecule has 4 nitrogen and oxygen atoms in total. The summed E-state index contributed by atoms with van der Waals surface area (Å²) in [5.41, 5.74) is -0.279. The molecule has 1 aromatic carbocycles. The topological polar surface area (TPSA) is 46.9 Å². The van der Waals surface area contributed by atoms with E-state index in [0.29, 0.717) is 24.2 Å². The van der Waals surface area contributed by atoms with E-state index >= 15 is 0 Å². The lowest BCUT2D eigenvalue weighted by Gasteiger charge is -2.28. The Morgan fingerprint density at radius 2 is 2.00 bits per heavy atom. The standard InChI is InChI=1S/C16H18FN3O/c1-20-11-8-14(19-20)18-15(21)16(9-4-5-10-16)12-6-2-3-7-13(12)17/h2-3,6-8,11H,4-5,9-10H2,1H3,(H,18,19,21). The van der Waals surface area contributed by atoms with Crippen LogP contribution in [0, 0.1) is 5.82 Å². The van der Waals surface area contributed by atoms with E-state index in [-0.39, 0.29) is 11.7 Å². The zero-order valence-electron chi connectivity index (χ0n) is 12.0. The van der Waals surface area contributed by atoms with Crippen LogP contribution in [0.1, 0.15) is 31.2 Å². The number of aromatic nitrogens is 2. The van der Waals surface area contributed by atoms with Gasteiger partial charge in [0.1, 0.15) is 5.82 Å². The number of amides is 1. The molecule has 1 N–H and O–H groups in total. The van der Waals surface area contributed by atoms with E-state index in [0.717, 1.165) is 12.8 Å². The summed E-state index contributed by atoms with van der Waals surface area (Å²) in [5, 5.41) is 6.99. The molecule has 0 spiro atoms. The van der Waals surface area contributed by atoms with E-state index in [1.54, 1.807) is 42.2 Å². The van der Waals surface area contributed by atoms with Crippen molar-refractivity contribution in [3.63, 3.8) is 0 Å². The third kappa shape index (κ3) is 2.44. The second-order valence-electron chi connectivity index (χ2n) is 5.60. The van der Waals surface area contributed by atoms with Gasteiger partial charge < -0.3 is 5.32 Å². The van der Waals surface area contributed by atoms with Crippen LogP contribution in [0.3, 0.4) is 0 Å². The number of aryl methyl sites for hydroxylation is 1. The Morgan fingerprint density at radius 1 is 1.29 bits per heavy atom. The van der Waals surface area contributed by atoms with Crippen LogP contribution < -0.4 is 5.32 Å². The molecule has 110 valence electrons. The molecular formula is C16H18FN3O. The van der Waals surface area contributed by atoms with Gasteiger partial charge in [0.15, 0.2) is 5.82 Å². The third-order valence-corrected chi connectivity index (χ3v) is 4.24. The zero-order valence-corrected chi connectivity index (χ0v) is 12.0. The maximum absolute atomic E-state index is 14.2. The zero-order chi connectivity index (χ0) is 14.9. The van der Waals surface area contributed by atoms with Gasteiger partial charge in [-0.15, -0.1) is 0 Å². The van der Waals surface area contributed by atoms with Crippen molar-refractivity contribution in [1.29, 1.82) is 0 Å². The fourth-order valence-electron chi connectivity index (χ4n) is 3.16. The maximum atomic E-state index is 14.2. The van der Waals surface area contributed by atoms with Gasteiger partial charge in [-0.25, -0.2) is 4.39 Å². The van der Waals surface area contributed by atoms with Gasteiger partial charge in [0.25, 0.3) is 0 Å². The SMILES string of the molecule is Cn1ccc(NC(=O)C2(c3ccccc3F)CCCC2)n1. The number of benzene rings is 1. The summed E-state index contributed by atoms with van der Waals surface area (Å²) < 4.78 is 15.8. The molecule has 1 saturated carbocycles. The van der Waals surface area contributed by atoms with Crippen LogP contribution in [0.5, 0.6) is 0 Å². The van der Waals surface area contributed by atoms with Crippen molar-refractivity contribution in [2.75, 3.05) is 5.32 Å². The molecule has 1 aliphatic rings. The average Bonchev–Trinajstić information content (AvgIpc) is 3.09. The Labute approximate surface area is 123 Å². The van der Waals surface area contributed by atoms with E-state index in [2.05, 4.69) is 10.4 Å². The molecule has 1 amide bonds. The predicted octanol–water partition coefficient (Wildman–Crippen LogP) is 3.01. The van der Waals surface area contributed by atoms with E-state index in [4.69, 9.17) is 0 Å². The summed E-state index contributed by atoms with van der Waals surface area (Å²) in [6.45, 7) is 0. The van der Waals surface area contributed by atoms with E-state index in [9.17, 15) is 9.18 Å². The Hall–Kier alpha value is -2.17. The van der Waals surface area contributed by atoms with Crippen LogP contribution in [-0.4, -0.2) is 15.7 Å². The fourth-order valence-corrected chi connectivity index (χ4v) is 3.16. The summed E-state index contributed by atoms with van der Waals surface area (Å²) in [6.07, 6.45) is 4.98. The molecule has 0 unspecified atom stereocenters. The normalized spacial score (nSPS) is 16.9. The van der Waals surface area contributed by atoms with Crippen LogP contribution >= 0.6 is 0 Å². The summed E-state index contributed by atoms with van der Waals surface area (Å²) in [5.74, 6) is 0.0319. The minimum Gasteiger partial charge on any atom is -0.308 e. The van der Waals surface area contributed by atoms with Gasteiger partial charge in [0.05, 0.1) is 5.41 Å². The number of hydrogen-bond donors (Lipinski definition) is 1. The number of halogens is 1. The summed E-state index contributed by atoms with van der Waals surface area (Å²) in [7, 11) is 1.79. The van der Waals surface area contributed by atoms with Gasteiger partial charge in [0.2, 0.25) is 5.91 Å². The van der Waals surface area contributed by atoms with Gasteiger partial charge in [-0.05, 0) is 18.9 Å². The molecule has 1 aliphatic carbocycles. The highest BCUT2D eigenvalue weighted by molar-refractivity contribution is 5.98. The van der Waals surface area contributed by atoms with Crippen molar-refractivity contribution in [2.24, 2.45) is 7.05 Å². The highest BCUT2D eigenvalue weighted by Gasteiger charge is 2.44. The van der Waals surface area contributed by atoms with Crippen LogP contribution in [0.25, 0.3) is 0 Å². The number of carbonyl (C=O) groups is 1. The van der Waals surface area contributed by atoms with Crippen molar-refractivity contribution in [1.82, 2.24) is 9.78 Å². The summed E-state index contributed by atoms with van der Waals surface area (Å²) >= 11 is 0. The van der Waals surface area contributed by atoms with Gasteiger partial charge in [0, 0.05) is 24.9 Å². The number of anilines is 1. The quantitative estimate of drug-likeness (QED) is 0.943. The summed E-state index contributed by atoms with van der Waals surface area (Å²) in [6, 6.07) is 8.31. The number of hydrogen-bond acceptors (Lipinski definition) is 2. The number of rotatable bonds is 3. The first-order valence-electron chi connectivity index (χ1n) is 7.18. The first-order valence-corrected chi connectivity index (χ1v) is 7.18. The molecule has 0 bridgehead atoms. The molecule has 0 atom stereocenters. The van der Waals surface area contributed by atoms with Gasteiger partial charge in [-0.3, -0.25) is 9.48 Å². The molecule has 0 radical (unpaired) electrons. The Morgan fingerprint density at radius 3 is 2.62 bits per heavy atom. The van der Waals surface area contributed by atoms with Gasteiger partial charge >= 0.3 is 0 Å². The van der Waals surface area contributed by atoms with Crippen molar-refractivity contribution < 1.29 is 9.18 Å². The van der Waals surface area contributed by atoms with Crippen molar-refractivity contribution in [3.8, 4) is 0 Å². The highest BCUT2D eigenvalue weighted by atomic mass is 19.1. The van der Waals surface area contributed by atoms with Crippen LogP contribution in [0.15, 0.2) is 36.5 Å². The second kappa shape index (κ2) is 5.31. The molecule has 3 rings (SSSR count). The molecule has 21 heavy (non-hydrogen) atoms. The largest absolute Gasteiger partial charge is 0.308 e. The Balaban J connectivity index is 1.94. The van der Waals surface area contributed by atoms with Crippen molar-refractivity contribution in [2.45, 2.75) is 31.1 Å². The van der Waals surface area contributed by atoms with Crippen molar-refractivity contribution >= 4 is 11.7 Å². The maximum Gasteiger partial charge on any atom is 0.236 e. The van der Waals surface area contributed by atoms with Gasteiger partial charge in [-0.1, -0.05) is 31.0 Å².